The Hall–Kier alpha value is -2.61. The van der Waals surface area contributed by atoms with Gasteiger partial charge in [0.15, 0.2) is 5.82 Å². The van der Waals surface area contributed by atoms with Crippen molar-refractivity contribution < 1.29 is 19.2 Å². The number of ether oxygens (including phenoxy) is 1. The minimum atomic E-state index is -0.264. The summed E-state index contributed by atoms with van der Waals surface area (Å²) in [5.74, 6) is 2.30. The fourth-order valence-corrected chi connectivity index (χ4v) is 3.62. The number of piperidine rings is 1. The number of amides is 1. The van der Waals surface area contributed by atoms with Crippen molar-refractivity contribution in [3.63, 3.8) is 0 Å². The van der Waals surface area contributed by atoms with E-state index in [4.69, 9.17) is 14.4 Å². The number of rotatable bonds is 10. The first-order chi connectivity index (χ1) is 15.0. The number of hydrogen-bond donors (Lipinski definition) is 2. The zero-order valence-corrected chi connectivity index (χ0v) is 18.7. The minimum absolute atomic E-state index is 0.0814. The normalized spacial score (nSPS) is 15.8. The standard InChI is InChI=1S/C23H34N4O4/c1-16(2)21-25-23(31-26-21)27-12-10-18(11-13-27)5-4-14-30-20-8-6-19(7-9-20)22(29)24-17(3)15-28/h6-9,16-18,28H,4-5,10-15H2,1-3H3,(H,24,29)/t17-/m1/s1. The summed E-state index contributed by atoms with van der Waals surface area (Å²) in [6.07, 6.45) is 4.37. The van der Waals surface area contributed by atoms with Gasteiger partial charge in [-0.15, -0.1) is 0 Å². The highest BCUT2D eigenvalue weighted by Crippen LogP contribution is 2.26. The van der Waals surface area contributed by atoms with Gasteiger partial charge in [0.2, 0.25) is 0 Å². The Balaban J connectivity index is 1.33. The number of carbonyl (C=O) groups is 1. The van der Waals surface area contributed by atoms with Crippen LogP contribution in [-0.2, 0) is 0 Å². The van der Waals surface area contributed by atoms with Crippen LogP contribution in [0.2, 0.25) is 0 Å². The molecule has 1 aromatic heterocycles. The van der Waals surface area contributed by atoms with Gasteiger partial charge in [-0.25, -0.2) is 0 Å². The van der Waals surface area contributed by atoms with Gasteiger partial charge >= 0.3 is 6.01 Å². The molecule has 2 heterocycles. The maximum absolute atomic E-state index is 12.0. The largest absolute Gasteiger partial charge is 0.494 e. The van der Waals surface area contributed by atoms with Crippen LogP contribution in [0, 0.1) is 5.92 Å². The zero-order valence-electron chi connectivity index (χ0n) is 18.7. The first-order valence-corrected chi connectivity index (χ1v) is 11.2. The molecule has 1 aromatic carbocycles. The van der Waals surface area contributed by atoms with Crippen LogP contribution in [0.15, 0.2) is 28.8 Å². The van der Waals surface area contributed by atoms with Crippen molar-refractivity contribution in [2.45, 2.75) is 58.4 Å². The van der Waals surface area contributed by atoms with Crippen molar-refractivity contribution >= 4 is 11.9 Å². The van der Waals surface area contributed by atoms with Crippen molar-refractivity contribution in [1.82, 2.24) is 15.5 Å². The number of carbonyl (C=O) groups excluding carboxylic acids is 1. The summed E-state index contributed by atoms with van der Waals surface area (Å²) in [6.45, 7) is 8.36. The third kappa shape index (κ3) is 6.69. The monoisotopic (exact) mass is 430 g/mol. The van der Waals surface area contributed by atoms with Gasteiger partial charge < -0.3 is 24.6 Å². The molecule has 1 aliphatic heterocycles. The number of aliphatic hydroxyl groups excluding tert-OH is 1. The smallest absolute Gasteiger partial charge is 0.324 e. The molecule has 1 fully saturated rings. The van der Waals surface area contributed by atoms with Crippen LogP contribution in [0.1, 0.15) is 68.6 Å². The number of benzene rings is 1. The molecule has 31 heavy (non-hydrogen) atoms. The molecule has 1 atom stereocenters. The Morgan fingerprint density at radius 3 is 2.58 bits per heavy atom. The number of nitrogens with zero attached hydrogens (tertiary/aromatic N) is 3. The van der Waals surface area contributed by atoms with E-state index >= 15 is 0 Å². The van der Waals surface area contributed by atoms with Crippen LogP contribution in [0.4, 0.5) is 6.01 Å². The van der Waals surface area contributed by atoms with E-state index in [1.807, 2.05) is 12.1 Å². The van der Waals surface area contributed by atoms with E-state index in [1.165, 1.54) is 0 Å². The minimum Gasteiger partial charge on any atom is -0.494 e. The molecular formula is C23H34N4O4. The fourth-order valence-electron chi connectivity index (χ4n) is 3.62. The van der Waals surface area contributed by atoms with Crippen LogP contribution < -0.4 is 15.0 Å². The number of anilines is 1. The molecule has 170 valence electrons. The average Bonchev–Trinajstić information content (AvgIpc) is 3.28. The lowest BCUT2D eigenvalue weighted by atomic mass is 9.92. The number of aliphatic hydroxyl groups is 1. The van der Waals surface area contributed by atoms with E-state index < -0.39 is 0 Å². The van der Waals surface area contributed by atoms with Crippen LogP contribution in [0.5, 0.6) is 5.75 Å². The number of aromatic nitrogens is 2. The Bertz CT molecular complexity index is 813. The van der Waals surface area contributed by atoms with Gasteiger partial charge in [-0.2, -0.15) is 4.98 Å². The number of nitrogens with one attached hydrogen (secondary N) is 1. The van der Waals surface area contributed by atoms with Crippen molar-refractivity contribution in [3.8, 4) is 5.75 Å². The Labute approximate surface area is 184 Å². The summed E-state index contributed by atoms with van der Waals surface area (Å²) in [5.41, 5.74) is 0.557. The molecule has 1 amide bonds. The van der Waals surface area contributed by atoms with E-state index in [0.717, 1.165) is 50.3 Å². The third-order valence-electron chi connectivity index (χ3n) is 5.63. The molecule has 8 nitrogen and oxygen atoms in total. The van der Waals surface area contributed by atoms with Gasteiger partial charge in [0.25, 0.3) is 5.91 Å². The van der Waals surface area contributed by atoms with E-state index in [9.17, 15) is 4.79 Å². The zero-order chi connectivity index (χ0) is 22.2. The molecule has 2 N–H and O–H groups in total. The highest BCUT2D eigenvalue weighted by atomic mass is 16.5. The SMILES string of the molecule is CC(C)c1noc(N2CCC(CCCOc3ccc(C(=O)N[C@H](C)CO)cc3)CC2)n1. The van der Waals surface area contributed by atoms with Gasteiger partial charge in [0.1, 0.15) is 5.75 Å². The second kappa shape index (κ2) is 11.1. The molecule has 1 saturated heterocycles. The van der Waals surface area contributed by atoms with Crippen molar-refractivity contribution in [2.24, 2.45) is 5.92 Å². The maximum Gasteiger partial charge on any atom is 0.324 e. The second-order valence-corrected chi connectivity index (χ2v) is 8.59. The van der Waals surface area contributed by atoms with Crippen molar-refractivity contribution in [1.29, 1.82) is 0 Å². The quantitative estimate of drug-likeness (QED) is 0.557. The highest BCUT2D eigenvalue weighted by molar-refractivity contribution is 5.94. The van der Waals surface area contributed by atoms with Gasteiger partial charge in [0.05, 0.1) is 13.2 Å². The Kier molecular flexibility index (Phi) is 8.28. The summed E-state index contributed by atoms with van der Waals surface area (Å²) in [6, 6.07) is 7.49. The van der Waals surface area contributed by atoms with Crippen LogP contribution in [0.25, 0.3) is 0 Å². The third-order valence-corrected chi connectivity index (χ3v) is 5.63. The highest BCUT2D eigenvalue weighted by Gasteiger charge is 2.23. The van der Waals surface area contributed by atoms with E-state index in [-0.39, 0.29) is 24.5 Å². The summed E-state index contributed by atoms with van der Waals surface area (Å²) in [5, 5.41) is 15.8. The average molecular weight is 431 g/mol. The molecular weight excluding hydrogens is 396 g/mol. The molecule has 1 aliphatic rings. The summed E-state index contributed by atoms with van der Waals surface area (Å²) < 4.78 is 11.2. The van der Waals surface area contributed by atoms with Gasteiger partial charge in [-0.3, -0.25) is 4.79 Å². The summed E-state index contributed by atoms with van der Waals surface area (Å²) in [7, 11) is 0. The Morgan fingerprint density at radius 1 is 1.26 bits per heavy atom. The Morgan fingerprint density at radius 2 is 1.97 bits per heavy atom. The maximum atomic E-state index is 12.0. The van der Waals surface area contributed by atoms with E-state index in [2.05, 4.69) is 34.2 Å². The predicted octanol–water partition coefficient (Wildman–Crippen LogP) is 3.38. The van der Waals surface area contributed by atoms with Crippen LogP contribution in [0.3, 0.4) is 0 Å². The molecule has 0 radical (unpaired) electrons. The summed E-state index contributed by atoms with van der Waals surface area (Å²) in [4.78, 5) is 18.7. The van der Waals surface area contributed by atoms with Crippen molar-refractivity contribution in [3.05, 3.63) is 35.7 Å². The molecule has 2 aromatic rings. The lowest BCUT2D eigenvalue weighted by molar-refractivity contribution is 0.0922. The van der Waals surface area contributed by atoms with Crippen LogP contribution in [-0.4, -0.2) is 53.5 Å². The lowest BCUT2D eigenvalue weighted by Crippen LogP contribution is -2.34. The molecule has 0 unspecified atom stereocenters. The molecule has 3 rings (SSSR count). The van der Waals surface area contributed by atoms with Crippen molar-refractivity contribution in [2.75, 3.05) is 31.2 Å². The van der Waals surface area contributed by atoms with Gasteiger partial charge in [-0.1, -0.05) is 19.0 Å². The van der Waals surface area contributed by atoms with E-state index in [0.29, 0.717) is 24.1 Å². The number of hydrogen-bond acceptors (Lipinski definition) is 7. The van der Waals surface area contributed by atoms with Gasteiger partial charge in [0, 0.05) is 30.6 Å². The lowest BCUT2D eigenvalue weighted by Gasteiger charge is -2.30. The molecule has 8 heteroatoms. The van der Waals surface area contributed by atoms with E-state index in [1.54, 1.807) is 19.1 Å². The first kappa shape index (κ1) is 23.1. The predicted molar refractivity (Wildman–Crippen MR) is 119 cm³/mol. The molecule has 0 aliphatic carbocycles. The topological polar surface area (TPSA) is 101 Å². The van der Waals surface area contributed by atoms with Crippen LogP contribution >= 0.6 is 0 Å². The second-order valence-electron chi connectivity index (χ2n) is 8.59. The molecule has 0 bridgehead atoms. The fraction of sp³-hybridized carbons (Fsp3) is 0.609. The summed E-state index contributed by atoms with van der Waals surface area (Å²) >= 11 is 0. The van der Waals surface area contributed by atoms with Gasteiger partial charge in [-0.05, 0) is 62.8 Å². The molecule has 0 spiro atoms. The first-order valence-electron chi connectivity index (χ1n) is 11.2. The molecule has 0 saturated carbocycles.